The van der Waals surface area contributed by atoms with Crippen LogP contribution in [0.4, 0.5) is 0 Å². The highest BCUT2D eigenvalue weighted by atomic mass is 127. The fourth-order valence-electron chi connectivity index (χ4n) is 3.65. The van der Waals surface area contributed by atoms with E-state index in [-0.39, 0.29) is 24.0 Å². The highest BCUT2D eigenvalue weighted by Gasteiger charge is 2.31. The van der Waals surface area contributed by atoms with Crippen LogP contribution < -0.4 is 0 Å². The van der Waals surface area contributed by atoms with Crippen LogP contribution in [0.25, 0.3) is 0 Å². The Balaban J connectivity index is 0.00000128. The van der Waals surface area contributed by atoms with Crippen molar-refractivity contribution in [2.75, 3.05) is 6.54 Å². The third-order valence-corrected chi connectivity index (χ3v) is 4.45. The maximum atomic E-state index is 2.79. The second-order valence-electron chi connectivity index (χ2n) is 5.79. The van der Waals surface area contributed by atoms with Gasteiger partial charge in [0.05, 0.1) is 0 Å². The van der Waals surface area contributed by atoms with Crippen LogP contribution in [0, 0.1) is 5.92 Å². The van der Waals surface area contributed by atoms with E-state index in [0.29, 0.717) is 0 Å². The van der Waals surface area contributed by atoms with Gasteiger partial charge in [-0.1, -0.05) is 25.7 Å². The van der Waals surface area contributed by atoms with E-state index in [9.17, 15) is 0 Å². The molecule has 0 amide bonds. The Hall–Kier alpha value is 0.690. The number of nitrogens with zero attached hydrogens (tertiary/aromatic N) is 1. The molecule has 0 spiro atoms. The normalized spacial score (nSPS) is 29.1. The molecular weight excluding hydrogens is 309 g/mol. The predicted octanol–water partition coefficient (Wildman–Crippen LogP) is 4.45. The molecule has 1 saturated carbocycles. The van der Waals surface area contributed by atoms with Crippen molar-refractivity contribution in [1.29, 1.82) is 0 Å². The first-order chi connectivity index (χ1) is 7.29. The molecule has 2 fully saturated rings. The summed E-state index contributed by atoms with van der Waals surface area (Å²) in [7, 11) is 0. The molecule has 96 valence electrons. The summed E-state index contributed by atoms with van der Waals surface area (Å²) in [5.41, 5.74) is 0. The summed E-state index contributed by atoms with van der Waals surface area (Å²) in [6.07, 6.45) is 11.9. The Morgan fingerprint density at radius 1 is 0.875 bits per heavy atom. The number of halogens is 1. The van der Waals surface area contributed by atoms with Gasteiger partial charge < -0.3 is 0 Å². The number of hydrogen-bond donors (Lipinski definition) is 0. The fourth-order valence-corrected chi connectivity index (χ4v) is 3.65. The Morgan fingerprint density at radius 2 is 1.50 bits per heavy atom. The second-order valence-corrected chi connectivity index (χ2v) is 5.79. The number of rotatable bonds is 2. The van der Waals surface area contributed by atoms with E-state index in [4.69, 9.17) is 0 Å². The molecule has 1 saturated heterocycles. The third-order valence-electron chi connectivity index (χ3n) is 4.45. The molecule has 1 aliphatic heterocycles. The van der Waals surface area contributed by atoms with Gasteiger partial charge in [0, 0.05) is 12.1 Å². The molecule has 1 aliphatic carbocycles. The van der Waals surface area contributed by atoms with E-state index in [1.54, 1.807) is 0 Å². The molecule has 0 radical (unpaired) electrons. The summed E-state index contributed by atoms with van der Waals surface area (Å²) < 4.78 is 0. The molecular formula is C14H28IN. The van der Waals surface area contributed by atoms with E-state index in [2.05, 4.69) is 18.7 Å². The van der Waals surface area contributed by atoms with Crippen LogP contribution >= 0.6 is 24.0 Å². The van der Waals surface area contributed by atoms with Crippen molar-refractivity contribution >= 4 is 24.0 Å². The molecule has 2 aliphatic rings. The lowest BCUT2D eigenvalue weighted by molar-refractivity contribution is 0.0555. The maximum Gasteiger partial charge on any atom is 0.0126 e. The van der Waals surface area contributed by atoms with Crippen molar-refractivity contribution in [3.8, 4) is 0 Å². The molecule has 0 aromatic heterocycles. The van der Waals surface area contributed by atoms with Crippen molar-refractivity contribution in [2.45, 2.75) is 77.3 Å². The average molecular weight is 337 g/mol. The van der Waals surface area contributed by atoms with Gasteiger partial charge in [0.1, 0.15) is 0 Å². The van der Waals surface area contributed by atoms with Crippen LogP contribution in [0.2, 0.25) is 0 Å². The highest BCUT2D eigenvalue weighted by Crippen LogP contribution is 2.34. The van der Waals surface area contributed by atoms with Gasteiger partial charge in [-0.05, 0) is 52.0 Å². The zero-order valence-corrected chi connectivity index (χ0v) is 13.3. The van der Waals surface area contributed by atoms with Gasteiger partial charge in [-0.2, -0.15) is 0 Å². The Morgan fingerprint density at radius 3 is 2.12 bits per heavy atom. The summed E-state index contributed by atoms with van der Waals surface area (Å²) >= 11 is 0. The Kier molecular flexibility index (Phi) is 6.63. The van der Waals surface area contributed by atoms with Gasteiger partial charge in [0.15, 0.2) is 0 Å². The molecule has 1 atom stereocenters. The molecule has 0 aromatic carbocycles. The first kappa shape index (κ1) is 14.7. The smallest absolute Gasteiger partial charge is 0.0126 e. The van der Waals surface area contributed by atoms with Crippen LogP contribution in [-0.2, 0) is 0 Å². The Bertz CT molecular complexity index is 187. The van der Waals surface area contributed by atoms with Gasteiger partial charge in [0.2, 0.25) is 0 Å². The summed E-state index contributed by atoms with van der Waals surface area (Å²) in [5, 5.41) is 0. The monoisotopic (exact) mass is 337 g/mol. The molecule has 0 bridgehead atoms. The van der Waals surface area contributed by atoms with Crippen LogP contribution in [0.15, 0.2) is 0 Å². The standard InChI is InChI=1S/C14H27N.HI/c1-12(2)15-11-7-6-10-14(15)13-8-4-3-5-9-13;/h12-14H,3-11H2,1-2H3;1H. The molecule has 2 heteroatoms. The first-order valence-corrected chi connectivity index (χ1v) is 7.05. The lowest BCUT2D eigenvalue weighted by atomic mass is 9.79. The SMILES string of the molecule is CC(C)N1CCCCC1C1CCCCC1.I. The molecule has 0 aromatic rings. The second kappa shape index (κ2) is 7.20. The van der Waals surface area contributed by atoms with E-state index in [1.165, 1.54) is 57.9 Å². The van der Waals surface area contributed by atoms with Gasteiger partial charge in [-0.15, -0.1) is 24.0 Å². The van der Waals surface area contributed by atoms with E-state index in [0.717, 1.165) is 18.0 Å². The number of hydrogen-bond acceptors (Lipinski definition) is 1. The van der Waals surface area contributed by atoms with E-state index in [1.807, 2.05) is 0 Å². The topological polar surface area (TPSA) is 3.24 Å². The van der Waals surface area contributed by atoms with E-state index < -0.39 is 0 Å². The minimum Gasteiger partial charge on any atom is -0.298 e. The van der Waals surface area contributed by atoms with Gasteiger partial charge in [-0.3, -0.25) is 4.90 Å². The van der Waals surface area contributed by atoms with Crippen molar-refractivity contribution in [3.63, 3.8) is 0 Å². The molecule has 0 N–H and O–H groups in total. The van der Waals surface area contributed by atoms with Crippen molar-refractivity contribution in [2.24, 2.45) is 5.92 Å². The van der Waals surface area contributed by atoms with Crippen LogP contribution in [0.5, 0.6) is 0 Å². The van der Waals surface area contributed by atoms with Crippen LogP contribution in [-0.4, -0.2) is 23.5 Å². The maximum absolute atomic E-state index is 2.79. The minimum absolute atomic E-state index is 0. The molecule has 1 unspecified atom stereocenters. The molecule has 2 rings (SSSR count). The lowest BCUT2D eigenvalue weighted by Gasteiger charge is -2.44. The molecule has 16 heavy (non-hydrogen) atoms. The predicted molar refractivity (Wildman–Crippen MR) is 81.5 cm³/mol. The highest BCUT2D eigenvalue weighted by molar-refractivity contribution is 14.0. The van der Waals surface area contributed by atoms with Crippen molar-refractivity contribution in [3.05, 3.63) is 0 Å². The minimum atomic E-state index is 0. The summed E-state index contributed by atoms with van der Waals surface area (Å²) in [5.74, 6) is 1.03. The third kappa shape index (κ3) is 3.59. The summed E-state index contributed by atoms with van der Waals surface area (Å²) in [4.78, 5) is 2.79. The zero-order chi connectivity index (χ0) is 10.7. The van der Waals surface area contributed by atoms with Gasteiger partial charge >= 0.3 is 0 Å². The average Bonchev–Trinajstić information content (AvgIpc) is 2.30. The van der Waals surface area contributed by atoms with Gasteiger partial charge in [-0.25, -0.2) is 0 Å². The van der Waals surface area contributed by atoms with Crippen LogP contribution in [0.1, 0.15) is 65.2 Å². The van der Waals surface area contributed by atoms with Gasteiger partial charge in [0.25, 0.3) is 0 Å². The lowest BCUT2D eigenvalue weighted by Crippen LogP contribution is -2.48. The number of likely N-dealkylation sites (tertiary alicyclic amines) is 1. The van der Waals surface area contributed by atoms with Crippen molar-refractivity contribution < 1.29 is 0 Å². The first-order valence-electron chi connectivity index (χ1n) is 7.05. The Labute approximate surface area is 118 Å². The summed E-state index contributed by atoms with van der Waals surface area (Å²) in [6, 6.07) is 1.69. The van der Waals surface area contributed by atoms with E-state index >= 15 is 0 Å². The number of piperidine rings is 1. The summed E-state index contributed by atoms with van der Waals surface area (Å²) in [6.45, 7) is 6.11. The fraction of sp³-hybridized carbons (Fsp3) is 1.00. The molecule has 1 nitrogen and oxygen atoms in total. The largest absolute Gasteiger partial charge is 0.298 e. The van der Waals surface area contributed by atoms with Crippen LogP contribution in [0.3, 0.4) is 0 Å². The zero-order valence-electron chi connectivity index (χ0n) is 11.0. The molecule has 1 heterocycles. The van der Waals surface area contributed by atoms with Crippen molar-refractivity contribution in [1.82, 2.24) is 4.90 Å². The quantitative estimate of drug-likeness (QED) is 0.673.